The first-order chi connectivity index (χ1) is 15.1. The van der Waals surface area contributed by atoms with E-state index >= 15 is 0 Å². The van der Waals surface area contributed by atoms with E-state index in [4.69, 9.17) is 11.6 Å². The number of hydrogen-bond acceptors (Lipinski definition) is 5. The highest BCUT2D eigenvalue weighted by Crippen LogP contribution is 2.19. The molecule has 8 nitrogen and oxygen atoms in total. The molecule has 1 aliphatic rings. The molecule has 0 spiro atoms. The van der Waals surface area contributed by atoms with E-state index < -0.39 is 32.8 Å². The normalized spacial score (nSPS) is 15.2. The van der Waals surface area contributed by atoms with Crippen molar-refractivity contribution in [3.8, 4) is 0 Å². The second-order valence-electron chi connectivity index (χ2n) is 7.19. The van der Waals surface area contributed by atoms with Gasteiger partial charge in [-0.1, -0.05) is 11.6 Å². The second-order valence-corrected chi connectivity index (χ2v) is 9.66. The van der Waals surface area contributed by atoms with Crippen LogP contribution >= 0.6 is 11.6 Å². The minimum atomic E-state index is -4.40. The lowest BCUT2D eigenvalue weighted by molar-refractivity contribution is -0.138. The highest BCUT2D eigenvalue weighted by Gasteiger charge is 2.39. The SMILES string of the molecule is CC(=O)N1CCN(C(=O)C(NC(=O)c2ccc(Cl)cc2)S(=O)(=O)c2ccc(F)cc2)CC1. The third-order valence-electron chi connectivity index (χ3n) is 5.08. The first kappa shape index (κ1) is 23.7. The van der Waals surface area contributed by atoms with Gasteiger partial charge in [0.25, 0.3) is 11.8 Å². The Bertz CT molecular complexity index is 1120. The molecular formula is C21H21ClFN3O5S. The Morgan fingerprint density at radius 3 is 2.00 bits per heavy atom. The number of sulfone groups is 1. The Kier molecular flexibility index (Phi) is 7.15. The summed E-state index contributed by atoms with van der Waals surface area (Å²) in [5.41, 5.74) is 0.114. The van der Waals surface area contributed by atoms with Crippen LogP contribution < -0.4 is 5.32 Å². The molecule has 11 heteroatoms. The Morgan fingerprint density at radius 2 is 1.47 bits per heavy atom. The molecule has 0 radical (unpaired) electrons. The molecule has 1 aliphatic heterocycles. The molecule has 0 aliphatic carbocycles. The van der Waals surface area contributed by atoms with E-state index in [1.165, 1.54) is 36.1 Å². The van der Waals surface area contributed by atoms with Crippen LogP contribution in [-0.2, 0) is 19.4 Å². The number of halogens is 2. The lowest BCUT2D eigenvalue weighted by Gasteiger charge is -2.36. The fraction of sp³-hybridized carbons (Fsp3) is 0.286. The fourth-order valence-corrected chi connectivity index (χ4v) is 4.83. The fourth-order valence-electron chi connectivity index (χ4n) is 3.24. The summed E-state index contributed by atoms with van der Waals surface area (Å²) in [5, 5.41) is 0.757. The lowest BCUT2D eigenvalue weighted by atomic mass is 10.2. The highest BCUT2D eigenvalue weighted by atomic mass is 35.5. The summed E-state index contributed by atoms with van der Waals surface area (Å²) in [5.74, 6) is -2.41. The van der Waals surface area contributed by atoms with Crippen LogP contribution in [0.25, 0.3) is 0 Å². The predicted octanol–water partition coefficient (Wildman–Crippen LogP) is 1.70. The van der Waals surface area contributed by atoms with E-state index in [0.29, 0.717) is 5.02 Å². The smallest absolute Gasteiger partial charge is 0.261 e. The van der Waals surface area contributed by atoms with E-state index in [0.717, 1.165) is 24.3 Å². The maximum atomic E-state index is 13.3. The number of hydrogen-bond donors (Lipinski definition) is 1. The largest absolute Gasteiger partial charge is 0.339 e. The first-order valence-corrected chi connectivity index (χ1v) is 11.6. The molecule has 3 rings (SSSR count). The monoisotopic (exact) mass is 481 g/mol. The van der Waals surface area contributed by atoms with Crippen molar-refractivity contribution in [1.29, 1.82) is 0 Å². The molecular weight excluding hydrogens is 461 g/mol. The summed E-state index contributed by atoms with van der Waals surface area (Å²) in [6, 6.07) is 9.71. The van der Waals surface area contributed by atoms with Gasteiger partial charge in [-0.2, -0.15) is 0 Å². The summed E-state index contributed by atoms with van der Waals surface area (Å²) in [6.45, 7) is 2.13. The summed E-state index contributed by atoms with van der Waals surface area (Å²) in [4.78, 5) is 40.0. The minimum absolute atomic E-state index is 0.114. The zero-order valence-corrected chi connectivity index (χ0v) is 18.7. The van der Waals surface area contributed by atoms with Crippen molar-refractivity contribution in [1.82, 2.24) is 15.1 Å². The van der Waals surface area contributed by atoms with Crippen LogP contribution in [0.2, 0.25) is 5.02 Å². The Morgan fingerprint density at radius 1 is 0.938 bits per heavy atom. The standard InChI is InChI=1S/C21H21ClFN3O5S/c1-14(27)25-10-12-26(13-11-25)21(29)20(24-19(28)15-2-4-16(22)5-3-15)32(30,31)18-8-6-17(23)7-9-18/h2-9,20H,10-13H2,1H3,(H,24,28). The third kappa shape index (κ3) is 5.25. The highest BCUT2D eigenvalue weighted by molar-refractivity contribution is 7.92. The van der Waals surface area contributed by atoms with Gasteiger partial charge in [0.1, 0.15) is 5.82 Å². The molecule has 1 unspecified atom stereocenters. The Hall–Kier alpha value is -2.98. The van der Waals surface area contributed by atoms with Gasteiger partial charge in [-0.15, -0.1) is 0 Å². The van der Waals surface area contributed by atoms with Gasteiger partial charge in [-0.3, -0.25) is 14.4 Å². The maximum Gasteiger partial charge on any atom is 0.261 e. The molecule has 2 aromatic carbocycles. The minimum Gasteiger partial charge on any atom is -0.339 e. The van der Waals surface area contributed by atoms with Crippen molar-refractivity contribution in [2.24, 2.45) is 0 Å². The van der Waals surface area contributed by atoms with Crippen molar-refractivity contribution in [2.45, 2.75) is 17.2 Å². The van der Waals surface area contributed by atoms with Gasteiger partial charge in [0, 0.05) is 43.7 Å². The maximum absolute atomic E-state index is 13.3. The summed E-state index contributed by atoms with van der Waals surface area (Å²) in [7, 11) is -4.40. The number of piperazine rings is 1. The second kappa shape index (κ2) is 9.66. The average Bonchev–Trinajstić information content (AvgIpc) is 2.77. The number of nitrogens with zero attached hydrogens (tertiary/aromatic N) is 2. The number of carbonyl (C=O) groups excluding carboxylic acids is 3. The van der Waals surface area contributed by atoms with Crippen LogP contribution in [0.4, 0.5) is 4.39 Å². The zero-order chi connectivity index (χ0) is 23.5. The molecule has 1 atom stereocenters. The van der Waals surface area contributed by atoms with Gasteiger partial charge < -0.3 is 15.1 Å². The van der Waals surface area contributed by atoms with Gasteiger partial charge in [0.05, 0.1) is 4.90 Å². The van der Waals surface area contributed by atoms with Crippen LogP contribution in [0.5, 0.6) is 0 Å². The zero-order valence-electron chi connectivity index (χ0n) is 17.1. The predicted molar refractivity (Wildman–Crippen MR) is 115 cm³/mol. The number of carbonyl (C=O) groups is 3. The number of rotatable bonds is 5. The molecule has 2 aromatic rings. The van der Waals surface area contributed by atoms with E-state index in [1.807, 2.05) is 0 Å². The van der Waals surface area contributed by atoms with Crippen LogP contribution in [-0.4, -0.2) is 67.5 Å². The van der Waals surface area contributed by atoms with E-state index in [2.05, 4.69) is 5.32 Å². The summed E-state index contributed by atoms with van der Waals surface area (Å²) >= 11 is 5.83. The van der Waals surface area contributed by atoms with Crippen LogP contribution in [0.15, 0.2) is 53.4 Å². The quantitative estimate of drug-likeness (QED) is 0.655. The molecule has 0 saturated carbocycles. The molecule has 3 amide bonds. The number of benzene rings is 2. The van der Waals surface area contributed by atoms with Crippen molar-refractivity contribution < 1.29 is 27.2 Å². The Labute approximate surface area is 189 Å². The molecule has 0 aromatic heterocycles. The average molecular weight is 482 g/mol. The van der Waals surface area contributed by atoms with Gasteiger partial charge in [-0.25, -0.2) is 12.8 Å². The van der Waals surface area contributed by atoms with Crippen LogP contribution in [0, 0.1) is 5.82 Å². The topological polar surface area (TPSA) is 104 Å². The third-order valence-corrected chi connectivity index (χ3v) is 7.20. The summed E-state index contributed by atoms with van der Waals surface area (Å²) < 4.78 is 39.8. The number of amides is 3. The molecule has 170 valence electrons. The molecule has 1 saturated heterocycles. The van der Waals surface area contributed by atoms with Crippen molar-refractivity contribution in [2.75, 3.05) is 26.2 Å². The van der Waals surface area contributed by atoms with E-state index in [1.54, 1.807) is 4.90 Å². The Balaban J connectivity index is 1.90. The van der Waals surface area contributed by atoms with Crippen molar-refractivity contribution in [3.63, 3.8) is 0 Å². The molecule has 1 N–H and O–H groups in total. The van der Waals surface area contributed by atoms with Crippen LogP contribution in [0.3, 0.4) is 0 Å². The lowest BCUT2D eigenvalue weighted by Crippen LogP contribution is -2.57. The molecule has 32 heavy (non-hydrogen) atoms. The summed E-state index contributed by atoms with van der Waals surface area (Å²) in [6.07, 6.45) is 0. The van der Waals surface area contributed by atoms with Gasteiger partial charge in [0.15, 0.2) is 0 Å². The molecule has 0 bridgehead atoms. The van der Waals surface area contributed by atoms with Crippen LogP contribution in [0.1, 0.15) is 17.3 Å². The molecule has 1 heterocycles. The molecule has 1 fully saturated rings. The van der Waals surface area contributed by atoms with Crippen molar-refractivity contribution in [3.05, 3.63) is 64.9 Å². The number of nitrogens with one attached hydrogen (secondary N) is 1. The van der Waals surface area contributed by atoms with E-state index in [9.17, 15) is 27.2 Å². The van der Waals surface area contributed by atoms with Gasteiger partial charge in [0.2, 0.25) is 21.1 Å². The first-order valence-electron chi connectivity index (χ1n) is 9.70. The van der Waals surface area contributed by atoms with Crippen molar-refractivity contribution >= 4 is 39.2 Å². The van der Waals surface area contributed by atoms with E-state index in [-0.39, 0.29) is 42.5 Å². The van der Waals surface area contributed by atoms with Gasteiger partial charge in [-0.05, 0) is 48.5 Å². The van der Waals surface area contributed by atoms with Gasteiger partial charge >= 0.3 is 0 Å².